The Hall–Kier alpha value is -1.50. The molecular weight excluding hydrogens is 288 g/mol. The molecule has 5 nitrogen and oxygen atoms in total. The molecule has 1 aromatic carbocycles. The number of aromatic nitrogens is 2. The quantitative estimate of drug-likeness (QED) is 0.492. The van der Waals surface area contributed by atoms with E-state index < -0.39 is 15.3 Å². The van der Waals surface area contributed by atoms with Crippen LogP contribution >= 0.6 is 11.6 Å². The van der Waals surface area contributed by atoms with Gasteiger partial charge in [0.05, 0.1) is 6.61 Å². The Morgan fingerprint density at radius 1 is 1.26 bits per heavy atom. The van der Waals surface area contributed by atoms with Gasteiger partial charge in [-0.1, -0.05) is 41.9 Å². The summed E-state index contributed by atoms with van der Waals surface area (Å²) in [6.45, 7) is 1.61. The van der Waals surface area contributed by atoms with Gasteiger partial charge in [0, 0.05) is 11.8 Å². The summed E-state index contributed by atoms with van der Waals surface area (Å²) in [5.41, 5.74) is 1.34. The first-order chi connectivity index (χ1) is 8.99. The maximum atomic E-state index is 11.9. The maximum absolute atomic E-state index is 11.9. The lowest BCUT2D eigenvalue weighted by Crippen LogP contribution is -2.11. The minimum absolute atomic E-state index is 0.0714. The van der Waals surface area contributed by atoms with Crippen molar-refractivity contribution in [3.05, 3.63) is 52.8 Å². The van der Waals surface area contributed by atoms with Crippen molar-refractivity contribution in [1.82, 2.24) is 9.97 Å². The number of hydrogen-bond donors (Lipinski definition) is 0. The van der Waals surface area contributed by atoms with E-state index in [4.69, 9.17) is 15.8 Å². The first-order valence-electron chi connectivity index (χ1n) is 5.41. The molecule has 0 amide bonds. The van der Waals surface area contributed by atoms with Crippen LogP contribution in [0.2, 0.25) is 5.15 Å². The number of hydrogen-bond acceptors (Lipinski definition) is 5. The van der Waals surface area contributed by atoms with E-state index in [0.29, 0.717) is 5.56 Å². The zero-order chi connectivity index (χ0) is 13.9. The minimum atomic E-state index is -4.00. The Morgan fingerprint density at radius 3 is 2.58 bits per heavy atom. The average molecular weight is 299 g/mol. The fraction of sp³-hybridized carbons (Fsp3) is 0.167. The average Bonchev–Trinajstić information content (AvgIpc) is 2.41. The molecule has 7 heteroatoms. The number of halogens is 1. The highest BCUT2D eigenvalue weighted by molar-refractivity contribution is 7.86. The van der Waals surface area contributed by atoms with Gasteiger partial charge in [0.1, 0.15) is 5.15 Å². The van der Waals surface area contributed by atoms with Crippen molar-refractivity contribution in [3.8, 4) is 0 Å². The lowest BCUT2D eigenvalue weighted by atomic mass is 10.2. The molecule has 0 aliphatic heterocycles. The standard InChI is InChI=1S/C12H11ClN2O3S/c1-9-7-14-12(15-11(9)13)19(16,17)18-8-10-5-3-2-4-6-10/h2-7H,8H2,1H3. The molecule has 0 bridgehead atoms. The summed E-state index contributed by atoms with van der Waals surface area (Å²) in [7, 11) is -4.00. The Balaban J connectivity index is 2.16. The van der Waals surface area contributed by atoms with Crippen molar-refractivity contribution in [1.29, 1.82) is 0 Å². The molecule has 0 aliphatic carbocycles. The molecule has 19 heavy (non-hydrogen) atoms. The van der Waals surface area contributed by atoms with E-state index in [2.05, 4.69) is 9.97 Å². The molecule has 1 heterocycles. The Kier molecular flexibility index (Phi) is 4.14. The summed E-state index contributed by atoms with van der Waals surface area (Å²) in [6.07, 6.45) is 1.34. The largest absolute Gasteiger partial charge is 0.333 e. The van der Waals surface area contributed by atoms with Crippen molar-refractivity contribution >= 4 is 21.7 Å². The van der Waals surface area contributed by atoms with Gasteiger partial charge >= 0.3 is 10.1 Å². The molecule has 0 unspecified atom stereocenters. The van der Waals surface area contributed by atoms with E-state index in [1.165, 1.54) is 6.20 Å². The van der Waals surface area contributed by atoms with Crippen LogP contribution in [0, 0.1) is 6.92 Å². The summed E-state index contributed by atoms with van der Waals surface area (Å²) < 4.78 is 28.6. The third-order valence-electron chi connectivity index (χ3n) is 2.34. The molecule has 2 aromatic rings. The summed E-state index contributed by atoms with van der Waals surface area (Å²) >= 11 is 5.77. The molecule has 0 saturated carbocycles. The summed E-state index contributed by atoms with van der Waals surface area (Å²) in [5, 5.41) is -0.337. The Bertz CT molecular complexity index is 675. The van der Waals surface area contributed by atoms with Crippen LogP contribution in [-0.2, 0) is 20.9 Å². The molecule has 0 saturated heterocycles. The second-order valence-electron chi connectivity index (χ2n) is 3.83. The third-order valence-corrected chi connectivity index (χ3v) is 3.79. The molecule has 100 valence electrons. The van der Waals surface area contributed by atoms with Crippen molar-refractivity contribution in [2.24, 2.45) is 0 Å². The number of aryl methyl sites for hydroxylation is 1. The van der Waals surface area contributed by atoms with Gasteiger partial charge in [-0.15, -0.1) is 0 Å². The first kappa shape index (κ1) is 13.9. The van der Waals surface area contributed by atoms with Crippen LogP contribution in [-0.4, -0.2) is 18.4 Å². The van der Waals surface area contributed by atoms with E-state index >= 15 is 0 Å². The Labute approximate surface area is 116 Å². The molecule has 0 fully saturated rings. The van der Waals surface area contributed by atoms with Crippen molar-refractivity contribution in [2.75, 3.05) is 0 Å². The topological polar surface area (TPSA) is 69.2 Å². The third kappa shape index (κ3) is 3.50. The van der Waals surface area contributed by atoms with Crippen LogP contribution in [0.5, 0.6) is 0 Å². The fourth-order valence-corrected chi connectivity index (χ4v) is 2.26. The van der Waals surface area contributed by atoms with Crippen molar-refractivity contribution in [3.63, 3.8) is 0 Å². The van der Waals surface area contributed by atoms with Crippen molar-refractivity contribution in [2.45, 2.75) is 18.7 Å². The first-order valence-corrected chi connectivity index (χ1v) is 7.20. The Morgan fingerprint density at radius 2 is 1.95 bits per heavy atom. The molecule has 0 aliphatic rings. The van der Waals surface area contributed by atoms with Crippen molar-refractivity contribution < 1.29 is 12.6 Å². The van der Waals surface area contributed by atoms with Gasteiger partial charge in [0.25, 0.3) is 5.16 Å². The van der Waals surface area contributed by atoms with Gasteiger partial charge in [-0.3, -0.25) is 4.18 Å². The fourth-order valence-electron chi connectivity index (χ4n) is 1.30. The predicted octanol–water partition coefficient (Wildman–Crippen LogP) is 2.34. The van der Waals surface area contributed by atoms with Gasteiger partial charge in [0.15, 0.2) is 0 Å². The highest BCUT2D eigenvalue weighted by Crippen LogP contribution is 2.15. The van der Waals surface area contributed by atoms with Gasteiger partial charge in [-0.25, -0.2) is 9.97 Å². The molecule has 0 N–H and O–H groups in total. The number of nitrogens with zero attached hydrogens (tertiary/aromatic N) is 2. The second-order valence-corrected chi connectivity index (χ2v) is 5.70. The minimum Gasteiger partial charge on any atom is -0.259 e. The lowest BCUT2D eigenvalue weighted by molar-refractivity contribution is 0.304. The van der Waals surface area contributed by atoms with Crippen LogP contribution < -0.4 is 0 Å². The summed E-state index contributed by atoms with van der Waals surface area (Å²) in [6, 6.07) is 8.95. The van der Waals surface area contributed by atoms with Crippen LogP contribution in [0.1, 0.15) is 11.1 Å². The van der Waals surface area contributed by atoms with Crippen LogP contribution in [0.15, 0.2) is 41.7 Å². The van der Waals surface area contributed by atoms with Gasteiger partial charge < -0.3 is 0 Å². The predicted molar refractivity (Wildman–Crippen MR) is 70.2 cm³/mol. The molecule has 0 radical (unpaired) electrons. The van der Waals surface area contributed by atoms with Crippen LogP contribution in [0.25, 0.3) is 0 Å². The molecule has 0 spiro atoms. The monoisotopic (exact) mass is 298 g/mol. The highest BCUT2D eigenvalue weighted by Gasteiger charge is 2.20. The molecular formula is C12H11ClN2O3S. The lowest BCUT2D eigenvalue weighted by Gasteiger charge is -2.05. The van der Waals surface area contributed by atoms with E-state index in [-0.39, 0.29) is 11.8 Å². The second kappa shape index (κ2) is 5.64. The molecule has 1 aromatic heterocycles. The summed E-state index contributed by atoms with van der Waals surface area (Å²) in [5.74, 6) is 0. The zero-order valence-corrected chi connectivity index (χ0v) is 11.6. The molecule has 2 rings (SSSR count). The van der Waals surface area contributed by atoms with Gasteiger partial charge in [-0.2, -0.15) is 8.42 Å². The zero-order valence-electron chi connectivity index (χ0n) is 10.1. The SMILES string of the molecule is Cc1cnc(S(=O)(=O)OCc2ccccc2)nc1Cl. The molecule has 0 atom stereocenters. The van der Waals surface area contributed by atoms with Gasteiger partial charge in [0.2, 0.25) is 0 Å². The normalized spacial score (nSPS) is 11.5. The van der Waals surface area contributed by atoms with E-state index in [0.717, 1.165) is 5.56 Å². The smallest absolute Gasteiger partial charge is 0.259 e. The van der Waals surface area contributed by atoms with E-state index in [1.807, 2.05) is 6.07 Å². The van der Waals surface area contributed by atoms with Crippen LogP contribution in [0.3, 0.4) is 0 Å². The van der Waals surface area contributed by atoms with Crippen LogP contribution in [0.4, 0.5) is 0 Å². The summed E-state index contributed by atoms with van der Waals surface area (Å²) in [4.78, 5) is 7.41. The number of benzene rings is 1. The van der Waals surface area contributed by atoms with Gasteiger partial charge in [-0.05, 0) is 12.5 Å². The van der Waals surface area contributed by atoms with E-state index in [9.17, 15) is 8.42 Å². The maximum Gasteiger partial charge on any atom is 0.333 e. The van der Waals surface area contributed by atoms with E-state index in [1.54, 1.807) is 31.2 Å². The number of rotatable bonds is 4. The highest BCUT2D eigenvalue weighted by atomic mass is 35.5.